The van der Waals surface area contributed by atoms with Crippen molar-refractivity contribution in [1.82, 2.24) is 0 Å². The van der Waals surface area contributed by atoms with Gasteiger partial charge in [-0.15, -0.1) is 11.8 Å². The molecule has 1 fully saturated rings. The van der Waals surface area contributed by atoms with Crippen molar-refractivity contribution in [1.29, 1.82) is 0 Å². The third-order valence-corrected chi connectivity index (χ3v) is 6.79. The molecule has 0 aromatic heterocycles. The molecule has 1 amide bonds. The first kappa shape index (κ1) is 21.1. The summed E-state index contributed by atoms with van der Waals surface area (Å²) in [5.74, 6) is 1.73. The Kier molecular flexibility index (Phi) is 6.56. The highest BCUT2D eigenvalue weighted by Gasteiger charge is 2.35. The maximum absolute atomic E-state index is 12.6. The number of hydrogen-bond acceptors (Lipinski definition) is 4. The maximum atomic E-state index is 12.6. The van der Waals surface area contributed by atoms with Gasteiger partial charge in [0.15, 0.2) is 11.5 Å². The number of nitrogens with zero attached hydrogens (tertiary/aromatic N) is 1. The molecule has 4 nitrogen and oxygen atoms in total. The molecule has 4 rings (SSSR count). The Hall–Kier alpha value is -2.15. The van der Waals surface area contributed by atoms with Crippen molar-refractivity contribution in [2.75, 3.05) is 17.8 Å². The van der Waals surface area contributed by atoms with E-state index in [1.54, 1.807) is 35.9 Å². The van der Waals surface area contributed by atoms with Crippen molar-refractivity contribution in [3.05, 3.63) is 87.4 Å². The summed E-state index contributed by atoms with van der Waals surface area (Å²) in [4.78, 5) is 14.4. The molecular formula is C23H19BrClNO3S. The van der Waals surface area contributed by atoms with Crippen LogP contribution in [0.15, 0.2) is 71.2 Å². The summed E-state index contributed by atoms with van der Waals surface area (Å²) in [6.45, 7) is 0.433. The van der Waals surface area contributed by atoms with Crippen LogP contribution in [0.5, 0.6) is 11.5 Å². The van der Waals surface area contributed by atoms with Gasteiger partial charge in [0.1, 0.15) is 12.0 Å². The van der Waals surface area contributed by atoms with Crippen LogP contribution in [0.2, 0.25) is 5.02 Å². The van der Waals surface area contributed by atoms with Crippen LogP contribution in [-0.2, 0) is 11.4 Å². The van der Waals surface area contributed by atoms with E-state index < -0.39 is 0 Å². The topological polar surface area (TPSA) is 38.8 Å². The summed E-state index contributed by atoms with van der Waals surface area (Å²) >= 11 is 11.2. The maximum Gasteiger partial charge on any atom is 0.238 e. The number of amides is 1. The zero-order valence-corrected chi connectivity index (χ0v) is 19.3. The van der Waals surface area contributed by atoms with Gasteiger partial charge in [0, 0.05) is 10.7 Å². The minimum absolute atomic E-state index is 0.0619. The van der Waals surface area contributed by atoms with Gasteiger partial charge in [-0.05, 0) is 63.5 Å². The Morgan fingerprint density at radius 3 is 2.57 bits per heavy atom. The molecule has 30 heavy (non-hydrogen) atoms. The summed E-state index contributed by atoms with van der Waals surface area (Å²) in [5, 5.41) is 0.478. The van der Waals surface area contributed by atoms with Crippen LogP contribution >= 0.6 is 39.3 Å². The van der Waals surface area contributed by atoms with Gasteiger partial charge in [-0.25, -0.2) is 0 Å². The summed E-state index contributed by atoms with van der Waals surface area (Å²) in [6, 6.07) is 21.2. The Bertz CT molecular complexity index is 1050. The van der Waals surface area contributed by atoms with E-state index in [1.807, 2.05) is 54.6 Å². The number of benzene rings is 3. The normalized spacial score (nSPS) is 16.0. The Morgan fingerprint density at radius 1 is 1.13 bits per heavy atom. The fourth-order valence-electron chi connectivity index (χ4n) is 3.30. The van der Waals surface area contributed by atoms with E-state index in [0.717, 1.165) is 21.3 Å². The standard InChI is InChI=1S/C23H19BrClNO3S/c1-28-20-12-16(11-19(24)22(20)29-13-15-5-3-2-4-6-15)23-26(21(27)14-30-23)18-9-7-17(25)8-10-18/h2-12,23H,13-14H2,1H3/t23-/m0/s1. The number of thioether (sulfide) groups is 1. The number of methoxy groups -OCH3 is 1. The van der Waals surface area contributed by atoms with E-state index in [0.29, 0.717) is 28.9 Å². The molecule has 1 aliphatic rings. The lowest BCUT2D eigenvalue weighted by Gasteiger charge is -2.25. The van der Waals surface area contributed by atoms with Gasteiger partial charge >= 0.3 is 0 Å². The molecule has 3 aromatic carbocycles. The van der Waals surface area contributed by atoms with E-state index in [9.17, 15) is 4.79 Å². The van der Waals surface area contributed by atoms with Crippen LogP contribution in [0.4, 0.5) is 5.69 Å². The summed E-state index contributed by atoms with van der Waals surface area (Å²) in [5.41, 5.74) is 2.84. The average Bonchev–Trinajstić information content (AvgIpc) is 3.15. The van der Waals surface area contributed by atoms with Crippen molar-refractivity contribution >= 4 is 50.9 Å². The predicted octanol–water partition coefficient (Wildman–Crippen LogP) is 6.47. The van der Waals surface area contributed by atoms with Gasteiger partial charge in [-0.1, -0.05) is 41.9 Å². The van der Waals surface area contributed by atoms with Crippen LogP contribution in [0, 0.1) is 0 Å². The van der Waals surface area contributed by atoms with Crippen molar-refractivity contribution in [2.24, 2.45) is 0 Å². The number of carbonyl (C=O) groups is 1. The first-order valence-electron chi connectivity index (χ1n) is 9.30. The molecule has 1 saturated heterocycles. The molecule has 1 heterocycles. The van der Waals surface area contributed by atoms with Crippen molar-refractivity contribution in [3.8, 4) is 11.5 Å². The third kappa shape index (κ3) is 4.46. The van der Waals surface area contributed by atoms with E-state index in [1.165, 1.54) is 0 Å². The molecule has 7 heteroatoms. The molecule has 0 unspecified atom stereocenters. The Balaban J connectivity index is 1.63. The molecule has 154 valence electrons. The molecule has 1 atom stereocenters. The lowest BCUT2D eigenvalue weighted by molar-refractivity contribution is -0.115. The van der Waals surface area contributed by atoms with Gasteiger partial charge in [0.05, 0.1) is 17.3 Å². The van der Waals surface area contributed by atoms with Crippen molar-refractivity contribution in [3.63, 3.8) is 0 Å². The second-order valence-corrected chi connectivity index (χ2v) is 9.07. The Morgan fingerprint density at radius 2 is 1.87 bits per heavy atom. The summed E-state index contributed by atoms with van der Waals surface area (Å²) < 4.78 is 12.4. The lowest BCUT2D eigenvalue weighted by Crippen LogP contribution is -2.27. The number of rotatable bonds is 6. The van der Waals surface area contributed by atoms with Crippen LogP contribution in [0.3, 0.4) is 0 Å². The monoisotopic (exact) mass is 503 g/mol. The van der Waals surface area contributed by atoms with E-state index >= 15 is 0 Å². The second kappa shape index (κ2) is 9.33. The number of carbonyl (C=O) groups excluding carboxylic acids is 1. The molecule has 0 spiro atoms. The summed E-state index contributed by atoms with van der Waals surface area (Å²) in [7, 11) is 1.62. The zero-order valence-electron chi connectivity index (χ0n) is 16.2. The fraction of sp³-hybridized carbons (Fsp3) is 0.174. The zero-order chi connectivity index (χ0) is 21.1. The first-order chi connectivity index (χ1) is 14.6. The summed E-state index contributed by atoms with van der Waals surface area (Å²) in [6.07, 6.45) is 0. The molecule has 1 aliphatic heterocycles. The van der Waals surface area contributed by atoms with Crippen LogP contribution in [0.1, 0.15) is 16.5 Å². The fourth-order valence-corrected chi connectivity index (χ4v) is 5.16. The quantitative estimate of drug-likeness (QED) is 0.386. The highest BCUT2D eigenvalue weighted by atomic mass is 79.9. The molecular weight excluding hydrogens is 486 g/mol. The number of halogens is 2. The lowest BCUT2D eigenvalue weighted by atomic mass is 10.1. The number of hydrogen-bond donors (Lipinski definition) is 0. The third-order valence-electron chi connectivity index (χ3n) is 4.74. The van der Waals surface area contributed by atoms with Crippen molar-refractivity contribution < 1.29 is 14.3 Å². The average molecular weight is 505 g/mol. The van der Waals surface area contributed by atoms with Gasteiger partial charge in [-0.2, -0.15) is 0 Å². The van der Waals surface area contributed by atoms with Crippen molar-refractivity contribution in [2.45, 2.75) is 12.0 Å². The number of ether oxygens (including phenoxy) is 2. The van der Waals surface area contributed by atoms with Crippen LogP contribution in [0.25, 0.3) is 0 Å². The highest BCUT2D eigenvalue weighted by Crippen LogP contribution is 2.46. The van der Waals surface area contributed by atoms with Gasteiger partial charge < -0.3 is 9.47 Å². The van der Waals surface area contributed by atoms with Gasteiger partial charge in [0.2, 0.25) is 5.91 Å². The second-order valence-electron chi connectivity index (χ2n) is 6.71. The van der Waals surface area contributed by atoms with E-state index in [-0.39, 0.29) is 11.3 Å². The van der Waals surface area contributed by atoms with Crippen LogP contribution < -0.4 is 14.4 Å². The van der Waals surface area contributed by atoms with Crippen LogP contribution in [-0.4, -0.2) is 18.8 Å². The van der Waals surface area contributed by atoms with Gasteiger partial charge in [0.25, 0.3) is 0 Å². The molecule has 3 aromatic rings. The molecule has 0 bridgehead atoms. The van der Waals surface area contributed by atoms with Gasteiger partial charge in [-0.3, -0.25) is 9.69 Å². The smallest absolute Gasteiger partial charge is 0.238 e. The molecule has 0 N–H and O–H groups in total. The highest BCUT2D eigenvalue weighted by molar-refractivity contribution is 9.10. The molecule has 0 saturated carbocycles. The Labute approximate surface area is 193 Å². The first-order valence-corrected chi connectivity index (χ1v) is 11.5. The number of anilines is 1. The minimum Gasteiger partial charge on any atom is -0.493 e. The SMILES string of the molecule is COc1cc([C@@H]2SCC(=O)N2c2ccc(Cl)cc2)cc(Br)c1OCc1ccccc1. The molecule has 0 radical (unpaired) electrons. The van der Waals surface area contributed by atoms with E-state index in [4.69, 9.17) is 21.1 Å². The molecule has 0 aliphatic carbocycles. The predicted molar refractivity (Wildman–Crippen MR) is 126 cm³/mol. The minimum atomic E-state index is -0.160. The largest absolute Gasteiger partial charge is 0.493 e. The van der Waals surface area contributed by atoms with E-state index in [2.05, 4.69) is 15.9 Å².